The van der Waals surface area contributed by atoms with Crippen LogP contribution in [0.15, 0.2) is 30.5 Å². The Kier molecular flexibility index (Phi) is 5.11. The zero-order valence-electron chi connectivity index (χ0n) is 13.8. The van der Waals surface area contributed by atoms with Gasteiger partial charge in [-0.1, -0.05) is 29.5 Å². The predicted octanol–water partition coefficient (Wildman–Crippen LogP) is 2.84. The maximum Gasteiger partial charge on any atom is 0.265 e. The Bertz CT molecular complexity index is 712. The molecular formula is C17H21FN4OS. The van der Waals surface area contributed by atoms with Crippen molar-refractivity contribution in [3.05, 3.63) is 46.7 Å². The quantitative estimate of drug-likeness (QED) is 0.923. The first-order valence-corrected chi connectivity index (χ1v) is 8.83. The van der Waals surface area contributed by atoms with Crippen LogP contribution >= 0.6 is 11.3 Å². The van der Waals surface area contributed by atoms with Crippen LogP contribution in [-0.2, 0) is 0 Å². The minimum atomic E-state index is -0.173. The Morgan fingerprint density at radius 3 is 2.62 bits per heavy atom. The highest BCUT2D eigenvalue weighted by molar-refractivity contribution is 7.17. The minimum absolute atomic E-state index is 0.00255. The third-order valence-corrected chi connectivity index (χ3v) is 5.44. The summed E-state index contributed by atoms with van der Waals surface area (Å²) in [6, 6.07) is 6.89. The molecule has 3 rings (SSSR count). The maximum absolute atomic E-state index is 14.0. The van der Waals surface area contributed by atoms with E-state index in [4.69, 9.17) is 0 Å². The van der Waals surface area contributed by atoms with Crippen LogP contribution in [0.4, 0.5) is 9.52 Å². The van der Waals surface area contributed by atoms with Crippen LogP contribution in [0.3, 0.4) is 0 Å². The molecule has 1 fully saturated rings. The minimum Gasteiger partial charge on any atom is -0.365 e. The van der Waals surface area contributed by atoms with Gasteiger partial charge in [-0.25, -0.2) is 9.37 Å². The van der Waals surface area contributed by atoms with E-state index < -0.39 is 0 Å². The molecule has 24 heavy (non-hydrogen) atoms. The van der Waals surface area contributed by atoms with Crippen LogP contribution < -0.4 is 5.32 Å². The number of amides is 1. The molecule has 1 aromatic carbocycles. The normalized spacial score (nSPS) is 16.9. The molecule has 0 radical (unpaired) electrons. The fourth-order valence-electron chi connectivity index (χ4n) is 2.97. The number of carbonyl (C=O) groups is 1. The van der Waals surface area contributed by atoms with Crippen LogP contribution in [-0.4, -0.2) is 53.9 Å². The topological polar surface area (TPSA) is 48.5 Å². The van der Waals surface area contributed by atoms with Gasteiger partial charge < -0.3 is 10.2 Å². The molecule has 0 bridgehead atoms. The third kappa shape index (κ3) is 3.42. The third-order valence-electron chi connectivity index (χ3n) is 4.43. The Hall–Kier alpha value is -1.99. The Labute approximate surface area is 145 Å². The summed E-state index contributed by atoms with van der Waals surface area (Å²) >= 11 is 1.36. The molecule has 2 heterocycles. The van der Waals surface area contributed by atoms with Crippen LogP contribution in [0, 0.1) is 5.82 Å². The van der Waals surface area contributed by atoms with Crippen molar-refractivity contribution >= 4 is 22.4 Å². The van der Waals surface area contributed by atoms with Gasteiger partial charge in [0.05, 0.1) is 6.20 Å². The fraction of sp³-hybridized carbons (Fsp3) is 0.412. The molecule has 1 N–H and O–H groups in total. The summed E-state index contributed by atoms with van der Waals surface area (Å²) in [4.78, 5) is 21.4. The molecule has 1 aromatic heterocycles. The number of hydrogen-bond donors (Lipinski definition) is 1. The Morgan fingerprint density at radius 1 is 1.29 bits per heavy atom. The fourth-order valence-corrected chi connectivity index (χ4v) is 3.70. The van der Waals surface area contributed by atoms with E-state index in [1.807, 2.05) is 24.0 Å². The summed E-state index contributed by atoms with van der Waals surface area (Å²) in [5.74, 6) is -0.153. The van der Waals surface area contributed by atoms with E-state index in [0.717, 1.165) is 18.2 Å². The van der Waals surface area contributed by atoms with Gasteiger partial charge in [-0.2, -0.15) is 0 Å². The molecule has 0 aliphatic carbocycles. The number of hydrogen-bond acceptors (Lipinski definition) is 5. The molecular weight excluding hydrogens is 327 g/mol. The standard InChI is InChI=1S/C17H21FN4OS/c1-12(13-5-3-4-6-14(13)18)21-7-9-22(10-8-21)16(23)15-11-20-17(19-2)24-15/h3-6,11-12H,7-10H2,1-2H3,(H,19,20)/t12-/m1/s1. The van der Waals surface area contributed by atoms with Crippen molar-refractivity contribution in [1.82, 2.24) is 14.8 Å². The van der Waals surface area contributed by atoms with Crippen LogP contribution in [0.5, 0.6) is 0 Å². The zero-order valence-corrected chi connectivity index (χ0v) is 14.6. The van der Waals surface area contributed by atoms with E-state index in [0.29, 0.717) is 23.5 Å². The first-order valence-electron chi connectivity index (χ1n) is 8.01. The first-order chi connectivity index (χ1) is 11.6. The molecule has 0 saturated carbocycles. The van der Waals surface area contributed by atoms with Crippen molar-refractivity contribution < 1.29 is 9.18 Å². The molecule has 1 saturated heterocycles. The average Bonchev–Trinajstić information content (AvgIpc) is 3.10. The highest BCUT2D eigenvalue weighted by Gasteiger charge is 2.27. The molecule has 5 nitrogen and oxygen atoms in total. The molecule has 128 valence electrons. The van der Waals surface area contributed by atoms with E-state index in [-0.39, 0.29) is 17.8 Å². The van der Waals surface area contributed by atoms with E-state index in [1.165, 1.54) is 17.4 Å². The van der Waals surface area contributed by atoms with Gasteiger partial charge >= 0.3 is 0 Å². The number of benzene rings is 1. The van der Waals surface area contributed by atoms with Gasteiger partial charge in [0.1, 0.15) is 10.7 Å². The van der Waals surface area contributed by atoms with Gasteiger partial charge in [-0.15, -0.1) is 0 Å². The molecule has 1 amide bonds. The summed E-state index contributed by atoms with van der Waals surface area (Å²) in [6.45, 7) is 4.77. The van der Waals surface area contributed by atoms with Crippen LogP contribution in [0.25, 0.3) is 0 Å². The smallest absolute Gasteiger partial charge is 0.265 e. The number of piperazine rings is 1. The summed E-state index contributed by atoms with van der Waals surface area (Å²) in [7, 11) is 1.79. The van der Waals surface area contributed by atoms with Crippen molar-refractivity contribution in [3.63, 3.8) is 0 Å². The van der Waals surface area contributed by atoms with Gasteiger partial charge in [0, 0.05) is 44.8 Å². The second kappa shape index (κ2) is 7.27. The number of carbonyl (C=O) groups excluding carboxylic acids is 1. The maximum atomic E-state index is 14.0. The van der Waals surface area contributed by atoms with Crippen molar-refractivity contribution in [1.29, 1.82) is 0 Å². The molecule has 1 aliphatic rings. The summed E-state index contributed by atoms with van der Waals surface area (Å²) in [6.07, 6.45) is 1.62. The van der Waals surface area contributed by atoms with Crippen molar-refractivity contribution in [3.8, 4) is 0 Å². The zero-order chi connectivity index (χ0) is 17.1. The number of thiazole rings is 1. The summed E-state index contributed by atoms with van der Waals surface area (Å²) in [5.41, 5.74) is 0.707. The number of aromatic nitrogens is 1. The SMILES string of the molecule is CNc1ncc(C(=O)N2CCN([C@H](C)c3ccccc3F)CC2)s1. The summed E-state index contributed by atoms with van der Waals surface area (Å²) < 4.78 is 14.0. The van der Waals surface area contributed by atoms with E-state index in [9.17, 15) is 9.18 Å². The monoisotopic (exact) mass is 348 g/mol. The second-order valence-corrected chi connectivity index (χ2v) is 6.84. The van der Waals surface area contributed by atoms with Gasteiger partial charge in [-0.05, 0) is 13.0 Å². The first kappa shape index (κ1) is 16.9. The van der Waals surface area contributed by atoms with Gasteiger partial charge in [-0.3, -0.25) is 9.69 Å². The lowest BCUT2D eigenvalue weighted by Gasteiger charge is -2.38. The number of halogens is 1. The largest absolute Gasteiger partial charge is 0.365 e. The van der Waals surface area contributed by atoms with Crippen molar-refractivity contribution in [2.75, 3.05) is 38.5 Å². The Balaban J connectivity index is 1.61. The van der Waals surface area contributed by atoms with Gasteiger partial charge in [0.25, 0.3) is 5.91 Å². The average molecular weight is 348 g/mol. The lowest BCUT2D eigenvalue weighted by Crippen LogP contribution is -2.49. The number of nitrogens with one attached hydrogen (secondary N) is 1. The number of anilines is 1. The molecule has 7 heteroatoms. The molecule has 1 atom stereocenters. The van der Waals surface area contributed by atoms with E-state index >= 15 is 0 Å². The van der Waals surface area contributed by atoms with Crippen molar-refractivity contribution in [2.45, 2.75) is 13.0 Å². The second-order valence-electron chi connectivity index (χ2n) is 5.81. The number of nitrogens with zero attached hydrogens (tertiary/aromatic N) is 3. The van der Waals surface area contributed by atoms with Crippen LogP contribution in [0.1, 0.15) is 28.2 Å². The molecule has 0 unspecified atom stereocenters. The number of rotatable bonds is 4. The summed E-state index contributed by atoms with van der Waals surface area (Å²) in [5, 5.41) is 3.68. The van der Waals surface area contributed by atoms with E-state index in [1.54, 1.807) is 19.3 Å². The molecule has 1 aliphatic heterocycles. The Morgan fingerprint density at radius 2 is 2.00 bits per heavy atom. The molecule has 0 spiro atoms. The molecule has 2 aromatic rings. The van der Waals surface area contributed by atoms with E-state index in [2.05, 4.69) is 15.2 Å². The van der Waals surface area contributed by atoms with Crippen molar-refractivity contribution in [2.24, 2.45) is 0 Å². The van der Waals surface area contributed by atoms with Gasteiger partial charge in [0.15, 0.2) is 5.13 Å². The lowest BCUT2D eigenvalue weighted by molar-refractivity contribution is 0.0583. The highest BCUT2D eigenvalue weighted by atomic mass is 32.1. The van der Waals surface area contributed by atoms with Crippen LogP contribution in [0.2, 0.25) is 0 Å². The predicted molar refractivity (Wildman–Crippen MR) is 94.0 cm³/mol. The lowest BCUT2D eigenvalue weighted by atomic mass is 10.1. The highest BCUT2D eigenvalue weighted by Crippen LogP contribution is 2.25. The van der Waals surface area contributed by atoms with Gasteiger partial charge in [0.2, 0.25) is 0 Å².